The summed E-state index contributed by atoms with van der Waals surface area (Å²) in [6, 6.07) is 9.56. The predicted molar refractivity (Wildman–Crippen MR) is 71.7 cm³/mol. The second-order valence-corrected chi connectivity index (χ2v) is 4.96. The molecule has 0 heterocycles. The summed E-state index contributed by atoms with van der Waals surface area (Å²) < 4.78 is 0. The number of hydrogen-bond donors (Lipinski definition) is 0. The Morgan fingerprint density at radius 1 is 1.12 bits per heavy atom. The number of nitrogens with zero attached hydrogens (tertiary/aromatic N) is 1. The fourth-order valence-corrected chi connectivity index (χ4v) is 1.88. The molecule has 1 aromatic rings. The average Bonchev–Trinajstić information content (AvgIpc) is 2.26. The molecule has 1 rings (SSSR count). The Morgan fingerprint density at radius 3 is 2.06 bits per heavy atom. The molecule has 0 bridgehead atoms. The first-order valence-corrected chi connectivity index (χ1v) is 6.09. The zero-order valence-corrected chi connectivity index (χ0v) is 11.2. The van der Waals surface area contributed by atoms with Crippen molar-refractivity contribution in [2.24, 2.45) is 0 Å². The molecule has 1 unspecified atom stereocenters. The van der Waals surface area contributed by atoms with Crippen molar-refractivity contribution in [3.8, 4) is 0 Å². The van der Waals surface area contributed by atoms with E-state index < -0.39 is 0 Å². The van der Waals surface area contributed by atoms with Gasteiger partial charge in [0.15, 0.2) is 0 Å². The van der Waals surface area contributed by atoms with Gasteiger partial charge in [0.05, 0.1) is 0 Å². The molecule has 1 radical (unpaired) electrons. The van der Waals surface area contributed by atoms with Gasteiger partial charge in [-0.3, -0.25) is 0 Å². The normalized spacial score (nSPS) is 13.4. The van der Waals surface area contributed by atoms with Crippen LogP contribution in [0.15, 0.2) is 24.3 Å². The highest BCUT2D eigenvalue weighted by atomic mass is 15.1. The summed E-state index contributed by atoms with van der Waals surface area (Å²) in [6.45, 7) is 6.60. The third kappa shape index (κ3) is 3.64. The van der Waals surface area contributed by atoms with Crippen LogP contribution in [0.4, 0.5) is 0 Å². The van der Waals surface area contributed by atoms with E-state index in [2.05, 4.69) is 70.5 Å². The molecule has 0 spiro atoms. The summed E-state index contributed by atoms with van der Waals surface area (Å²) in [7, 11) is 4.26. The third-order valence-corrected chi connectivity index (χ3v) is 3.14. The predicted octanol–water partition coefficient (Wildman–Crippen LogP) is 3.51. The van der Waals surface area contributed by atoms with E-state index in [9.17, 15) is 0 Å². The van der Waals surface area contributed by atoms with Gasteiger partial charge in [0.1, 0.15) is 0 Å². The van der Waals surface area contributed by atoms with Gasteiger partial charge >= 0.3 is 0 Å². The largest absolute Gasteiger partial charge is 0.306 e. The highest BCUT2D eigenvalue weighted by molar-refractivity contribution is 5.25. The van der Waals surface area contributed by atoms with E-state index in [1.165, 1.54) is 11.1 Å². The van der Waals surface area contributed by atoms with Crippen LogP contribution in [0.25, 0.3) is 0 Å². The van der Waals surface area contributed by atoms with Crippen LogP contribution >= 0.6 is 0 Å². The topological polar surface area (TPSA) is 3.24 Å². The van der Waals surface area contributed by atoms with Crippen molar-refractivity contribution < 1.29 is 0 Å². The molecule has 0 saturated carbocycles. The van der Waals surface area contributed by atoms with E-state index in [0.717, 1.165) is 6.42 Å². The van der Waals surface area contributed by atoms with Crippen LogP contribution in [0.1, 0.15) is 37.8 Å². The molecule has 0 amide bonds. The molecule has 16 heavy (non-hydrogen) atoms. The lowest BCUT2D eigenvalue weighted by Crippen LogP contribution is -2.29. The molecular formula is C15H24N. The van der Waals surface area contributed by atoms with Crippen molar-refractivity contribution in [2.75, 3.05) is 14.1 Å². The zero-order valence-electron chi connectivity index (χ0n) is 11.2. The molecule has 1 atom stereocenters. The second-order valence-electron chi connectivity index (χ2n) is 4.96. The van der Waals surface area contributed by atoms with Crippen molar-refractivity contribution in [3.05, 3.63) is 41.8 Å². The summed E-state index contributed by atoms with van der Waals surface area (Å²) in [5.41, 5.74) is 2.84. The van der Waals surface area contributed by atoms with Crippen molar-refractivity contribution >= 4 is 0 Å². The molecule has 0 fully saturated rings. The average molecular weight is 218 g/mol. The SMILES string of the molecule is C[CH]C(Cc1ccc(C(C)C)cc1)N(C)C. The highest BCUT2D eigenvalue weighted by Gasteiger charge is 2.09. The van der Waals surface area contributed by atoms with Gasteiger partial charge in [0.2, 0.25) is 0 Å². The smallest absolute Gasteiger partial charge is 0.0158 e. The van der Waals surface area contributed by atoms with E-state index in [1.807, 2.05) is 0 Å². The summed E-state index contributed by atoms with van der Waals surface area (Å²) >= 11 is 0. The van der Waals surface area contributed by atoms with Crippen molar-refractivity contribution in [1.82, 2.24) is 4.90 Å². The molecule has 1 aromatic carbocycles. The fraction of sp³-hybridized carbons (Fsp3) is 0.533. The molecule has 0 aliphatic rings. The third-order valence-electron chi connectivity index (χ3n) is 3.14. The van der Waals surface area contributed by atoms with Crippen LogP contribution in [0.2, 0.25) is 0 Å². The Kier molecular flexibility index (Phi) is 5.01. The van der Waals surface area contributed by atoms with Gasteiger partial charge in [-0.15, -0.1) is 0 Å². The van der Waals surface area contributed by atoms with Gasteiger partial charge in [0, 0.05) is 6.04 Å². The number of benzene rings is 1. The molecule has 0 saturated heterocycles. The first-order valence-electron chi connectivity index (χ1n) is 6.09. The Balaban J connectivity index is 2.67. The molecule has 89 valence electrons. The van der Waals surface area contributed by atoms with Crippen LogP contribution < -0.4 is 0 Å². The molecular weight excluding hydrogens is 194 g/mol. The van der Waals surface area contributed by atoms with Gasteiger partial charge in [0.25, 0.3) is 0 Å². The Bertz CT molecular complexity index is 298. The van der Waals surface area contributed by atoms with Crippen molar-refractivity contribution in [3.63, 3.8) is 0 Å². The standard InChI is InChI=1S/C15H24N/c1-6-15(16(4)5)11-13-7-9-14(10-8-13)12(2)3/h6-10,12,15H,11H2,1-5H3. The van der Waals surface area contributed by atoms with Crippen molar-refractivity contribution in [1.29, 1.82) is 0 Å². The van der Waals surface area contributed by atoms with E-state index in [-0.39, 0.29) is 0 Å². The maximum atomic E-state index is 2.26. The first-order chi connectivity index (χ1) is 7.54. The summed E-state index contributed by atoms with van der Waals surface area (Å²) in [6.07, 6.45) is 3.36. The highest BCUT2D eigenvalue weighted by Crippen LogP contribution is 2.16. The number of hydrogen-bond acceptors (Lipinski definition) is 1. The van der Waals surface area contributed by atoms with Gasteiger partial charge in [-0.05, 0) is 44.0 Å². The maximum Gasteiger partial charge on any atom is 0.0158 e. The molecule has 0 N–H and O–H groups in total. The number of rotatable bonds is 5. The van der Waals surface area contributed by atoms with E-state index in [4.69, 9.17) is 0 Å². The molecule has 0 aliphatic carbocycles. The minimum absolute atomic E-state index is 0.532. The van der Waals surface area contributed by atoms with E-state index in [1.54, 1.807) is 0 Å². The van der Waals surface area contributed by atoms with E-state index >= 15 is 0 Å². The molecule has 1 heteroatoms. The lowest BCUT2D eigenvalue weighted by Gasteiger charge is -2.22. The van der Waals surface area contributed by atoms with Gasteiger partial charge in [-0.2, -0.15) is 0 Å². The van der Waals surface area contributed by atoms with Crippen molar-refractivity contribution in [2.45, 2.75) is 39.2 Å². The Labute approximate surface area is 100 Å². The monoisotopic (exact) mass is 218 g/mol. The van der Waals surface area contributed by atoms with E-state index in [0.29, 0.717) is 12.0 Å². The van der Waals surface area contributed by atoms with Gasteiger partial charge in [-0.1, -0.05) is 45.0 Å². The summed E-state index contributed by atoms with van der Waals surface area (Å²) in [4.78, 5) is 2.26. The zero-order chi connectivity index (χ0) is 12.1. The number of likely N-dealkylation sites (N-methyl/N-ethyl adjacent to an activating group) is 1. The molecule has 0 aromatic heterocycles. The Morgan fingerprint density at radius 2 is 1.69 bits per heavy atom. The van der Waals surface area contributed by atoms with Crippen LogP contribution in [0.5, 0.6) is 0 Å². The lowest BCUT2D eigenvalue weighted by atomic mass is 9.98. The minimum Gasteiger partial charge on any atom is -0.306 e. The fourth-order valence-electron chi connectivity index (χ4n) is 1.88. The Hall–Kier alpha value is -0.820. The summed E-state index contributed by atoms with van der Waals surface area (Å²) in [5.74, 6) is 0.622. The van der Waals surface area contributed by atoms with Crippen LogP contribution in [0, 0.1) is 6.42 Å². The lowest BCUT2D eigenvalue weighted by molar-refractivity contribution is 0.324. The summed E-state index contributed by atoms with van der Waals surface area (Å²) in [5, 5.41) is 0. The quantitative estimate of drug-likeness (QED) is 0.731. The van der Waals surface area contributed by atoms with Crippen LogP contribution in [0.3, 0.4) is 0 Å². The van der Waals surface area contributed by atoms with Crippen LogP contribution in [-0.4, -0.2) is 25.0 Å². The first kappa shape index (κ1) is 13.2. The van der Waals surface area contributed by atoms with Gasteiger partial charge in [-0.25, -0.2) is 0 Å². The van der Waals surface area contributed by atoms with Crippen LogP contribution in [-0.2, 0) is 6.42 Å². The molecule has 1 nitrogen and oxygen atoms in total. The van der Waals surface area contributed by atoms with Gasteiger partial charge < -0.3 is 4.90 Å². The molecule has 0 aliphatic heterocycles. The second kappa shape index (κ2) is 6.05. The maximum absolute atomic E-state index is 2.26. The minimum atomic E-state index is 0.532.